The molecule has 0 aliphatic carbocycles. The summed E-state index contributed by atoms with van der Waals surface area (Å²) in [5, 5.41) is -0.240. The minimum atomic E-state index is -0.240. The third kappa shape index (κ3) is 3.72. The molecule has 0 atom stereocenters. The molecule has 0 amide bonds. The Balaban J connectivity index is 1.80. The molecule has 0 saturated carbocycles. The van der Waals surface area contributed by atoms with Gasteiger partial charge in [0.15, 0.2) is 0 Å². The molecule has 1 aromatic carbocycles. The summed E-state index contributed by atoms with van der Waals surface area (Å²) in [5.74, 6) is 0. The van der Waals surface area contributed by atoms with Gasteiger partial charge in [0.05, 0.1) is 0 Å². The molecular formula is C13H17ClN2O. The standard InChI is InChI=1S/C13H17ClN2O/c14-13(17)6-7-15-8-10-16(11-9-15)12-4-2-1-3-5-12/h1-5H,6-11H2. The fraction of sp³-hybridized carbons (Fsp3) is 0.462. The van der Waals surface area contributed by atoms with Crippen molar-refractivity contribution in [2.45, 2.75) is 6.42 Å². The Morgan fingerprint density at radius 2 is 1.76 bits per heavy atom. The third-order valence-corrected chi connectivity index (χ3v) is 3.31. The van der Waals surface area contributed by atoms with E-state index in [0.29, 0.717) is 6.42 Å². The van der Waals surface area contributed by atoms with E-state index in [2.05, 4.69) is 34.1 Å². The van der Waals surface area contributed by atoms with Crippen molar-refractivity contribution in [1.82, 2.24) is 4.90 Å². The number of halogens is 1. The van der Waals surface area contributed by atoms with E-state index in [1.807, 2.05) is 6.07 Å². The zero-order valence-electron chi connectivity index (χ0n) is 9.81. The molecule has 2 rings (SSSR count). The zero-order valence-corrected chi connectivity index (χ0v) is 10.6. The first-order valence-electron chi connectivity index (χ1n) is 5.96. The topological polar surface area (TPSA) is 23.6 Å². The van der Waals surface area contributed by atoms with E-state index in [0.717, 1.165) is 32.7 Å². The highest BCUT2D eigenvalue weighted by atomic mass is 35.5. The number of hydrogen-bond donors (Lipinski definition) is 0. The van der Waals surface area contributed by atoms with E-state index in [1.54, 1.807) is 0 Å². The Bertz CT molecular complexity index is 361. The van der Waals surface area contributed by atoms with Crippen molar-refractivity contribution in [3.8, 4) is 0 Å². The second-order valence-electron chi connectivity index (χ2n) is 4.27. The minimum absolute atomic E-state index is 0.240. The lowest BCUT2D eigenvalue weighted by Gasteiger charge is -2.35. The number of hydrogen-bond acceptors (Lipinski definition) is 3. The smallest absolute Gasteiger partial charge is 0.222 e. The number of rotatable bonds is 4. The minimum Gasteiger partial charge on any atom is -0.369 e. The van der Waals surface area contributed by atoms with Gasteiger partial charge in [-0.05, 0) is 23.7 Å². The Morgan fingerprint density at radius 1 is 1.12 bits per heavy atom. The van der Waals surface area contributed by atoms with E-state index in [4.69, 9.17) is 11.6 Å². The van der Waals surface area contributed by atoms with Gasteiger partial charge in [-0.15, -0.1) is 0 Å². The largest absolute Gasteiger partial charge is 0.369 e. The van der Waals surface area contributed by atoms with E-state index in [9.17, 15) is 4.79 Å². The molecule has 17 heavy (non-hydrogen) atoms. The highest BCUT2D eigenvalue weighted by Gasteiger charge is 2.16. The van der Waals surface area contributed by atoms with Crippen LogP contribution in [-0.2, 0) is 4.79 Å². The summed E-state index contributed by atoms with van der Waals surface area (Å²) in [6.07, 6.45) is 0.451. The Labute approximate surface area is 107 Å². The summed E-state index contributed by atoms with van der Waals surface area (Å²) in [7, 11) is 0. The lowest BCUT2D eigenvalue weighted by molar-refractivity contribution is -0.112. The molecule has 1 heterocycles. The quantitative estimate of drug-likeness (QED) is 0.766. The van der Waals surface area contributed by atoms with Gasteiger partial charge < -0.3 is 4.90 Å². The molecule has 0 aromatic heterocycles. The molecule has 1 aromatic rings. The van der Waals surface area contributed by atoms with Crippen molar-refractivity contribution in [3.63, 3.8) is 0 Å². The van der Waals surface area contributed by atoms with Gasteiger partial charge in [-0.2, -0.15) is 0 Å². The lowest BCUT2D eigenvalue weighted by Crippen LogP contribution is -2.46. The van der Waals surface area contributed by atoms with Crippen LogP contribution in [0.1, 0.15) is 6.42 Å². The molecule has 4 heteroatoms. The predicted molar refractivity (Wildman–Crippen MR) is 70.6 cm³/mol. The van der Waals surface area contributed by atoms with Crippen LogP contribution in [-0.4, -0.2) is 42.9 Å². The molecule has 0 bridgehead atoms. The van der Waals surface area contributed by atoms with Gasteiger partial charge in [0.25, 0.3) is 0 Å². The number of para-hydroxylation sites is 1. The van der Waals surface area contributed by atoms with Crippen LogP contribution >= 0.6 is 11.6 Å². The molecule has 92 valence electrons. The first kappa shape index (κ1) is 12.4. The summed E-state index contributed by atoms with van der Waals surface area (Å²) in [6, 6.07) is 10.4. The average Bonchev–Trinajstić information content (AvgIpc) is 2.38. The van der Waals surface area contributed by atoms with Gasteiger partial charge in [-0.1, -0.05) is 18.2 Å². The van der Waals surface area contributed by atoms with Gasteiger partial charge in [-0.3, -0.25) is 9.69 Å². The summed E-state index contributed by atoms with van der Waals surface area (Å²) >= 11 is 5.35. The van der Waals surface area contributed by atoms with Gasteiger partial charge in [0, 0.05) is 44.8 Å². The number of piperazine rings is 1. The predicted octanol–water partition coefficient (Wildman–Crippen LogP) is 1.96. The van der Waals surface area contributed by atoms with Gasteiger partial charge in [-0.25, -0.2) is 0 Å². The molecular weight excluding hydrogens is 236 g/mol. The van der Waals surface area contributed by atoms with Crippen LogP contribution in [0.2, 0.25) is 0 Å². The van der Waals surface area contributed by atoms with Crippen LogP contribution in [0.15, 0.2) is 30.3 Å². The van der Waals surface area contributed by atoms with Crippen molar-refractivity contribution in [2.75, 3.05) is 37.6 Å². The molecule has 1 aliphatic heterocycles. The summed E-state index contributed by atoms with van der Waals surface area (Å²) in [6.45, 7) is 4.81. The van der Waals surface area contributed by atoms with E-state index in [-0.39, 0.29) is 5.24 Å². The van der Waals surface area contributed by atoms with Crippen LogP contribution in [0.3, 0.4) is 0 Å². The van der Waals surface area contributed by atoms with Crippen LogP contribution in [0, 0.1) is 0 Å². The van der Waals surface area contributed by atoms with Crippen LogP contribution in [0.4, 0.5) is 5.69 Å². The normalized spacial score (nSPS) is 17.1. The Hall–Kier alpha value is -1.06. The van der Waals surface area contributed by atoms with Gasteiger partial charge in [0.2, 0.25) is 5.24 Å². The van der Waals surface area contributed by atoms with Crippen molar-refractivity contribution in [3.05, 3.63) is 30.3 Å². The molecule has 0 unspecified atom stereocenters. The average molecular weight is 253 g/mol. The number of anilines is 1. The molecule has 1 fully saturated rings. The highest BCUT2D eigenvalue weighted by molar-refractivity contribution is 6.63. The van der Waals surface area contributed by atoms with Crippen LogP contribution in [0.5, 0.6) is 0 Å². The first-order chi connectivity index (χ1) is 8.25. The maximum atomic E-state index is 10.7. The monoisotopic (exact) mass is 252 g/mol. The van der Waals surface area contributed by atoms with Gasteiger partial charge in [0.1, 0.15) is 0 Å². The lowest BCUT2D eigenvalue weighted by atomic mass is 10.2. The molecule has 0 N–H and O–H groups in total. The second-order valence-corrected chi connectivity index (χ2v) is 4.69. The summed E-state index contributed by atoms with van der Waals surface area (Å²) in [4.78, 5) is 15.4. The van der Waals surface area contributed by atoms with E-state index >= 15 is 0 Å². The SMILES string of the molecule is O=C(Cl)CCN1CCN(c2ccccc2)CC1. The maximum absolute atomic E-state index is 10.7. The van der Waals surface area contributed by atoms with Crippen molar-refractivity contribution < 1.29 is 4.79 Å². The highest BCUT2D eigenvalue weighted by Crippen LogP contribution is 2.15. The molecule has 1 aliphatic rings. The first-order valence-corrected chi connectivity index (χ1v) is 6.34. The fourth-order valence-electron chi connectivity index (χ4n) is 2.11. The molecule has 1 saturated heterocycles. The molecule has 0 spiro atoms. The zero-order chi connectivity index (χ0) is 12.1. The van der Waals surface area contributed by atoms with Crippen LogP contribution < -0.4 is 4.90 Å². The maximum Gasteiger partial charge on any atom is 0.222 e. The van der Waals surface area contributed by atoms with Crippen molar-refractivity contribution >= 4 is 22.5 Å². The van der Waals surface area contributed by atoms with E-state index in [1.165, 1.54) is 5.69 Å². The number of nitrogens with zero attached hydrogens (tertiary/aromatic N) is 2. The third-order valence-electron chi connectivity index (χ3n) is 3.12. The van der Waals surface area contributed by atoms with Gasteiger partial charge >= 0.3 is 0 Å². The Morgan fingerprint density at radius 3 is 2.35 bits per heavy atom. The summed E-state index contributed by atoms with van der Waals surface area (Å²) in [5.41, 5.74) is 1.28. The van der Waals surface area contributed by atoms with E-state index < -0.39 is 0 Å². The number of carbonyl (C=O) groups excluding carboxylic acids is 1. The van der Waals surface area contributed by atoms with Crippen LogP contribution in [0.25, 0.3) is 0 Å². The Kier molecular flexibility index (Phi) is 4.40. The second kappa shape index (κ2) is 6.03. The molecule has 0 radical (unpaired) electrons. The molecule has 3 nitrogen and oxygen atoms in total. The number of carbonyl (C=O) groups is 1. The van der Waals surface area contributed by atoms with Crippen molar-refractivity contribution in [1.29, 1.82) is 0 Å². The van der Waals surface area contributed by atoms with Crippen molar-refractivity contribution in [2.24, 2.45) is 0 Å². The number of benzene rings is 1. The fourth-order valence-corrected chi connectivity index (χ4v) is 2.20. The summed E-state index contributed by atoms with van der Waals surface area (Å²) < 4.78 is 0.